The van der Waals surface area contributed by atoms with Gasteiger partial charge in [0, 0.05) is 29.1 Å². The van der Waals surface area contributed by atoms with Gasteiger partial charge in [-0.15, -0.1) is 0 Å². The second-order valence-corrected chi connectivity index (χ2v) is 8.93. The van der Waals surface area contributed by atoms with Crippen molar-refractivity contribution in [3.63, 3.8) is 0 Å². The summed E-state index contributed by atoms with van der Waals surface area (Å²) in [4.78, 5) is 4.70. The fourth-order valence-electron chi connectivity index (χ4n) is 4.06. The van der Waals surface area contributed by atoms with Crippen LogP contribution in [0, 0.1) is 23.5 Å². The van der Waals surface area contributed by atoms with Crippen molar-refractivity contribution in [1.29, 1.82) is 0 Å². The second kappa shape index (κ2) is 9.45. The number of halogens is 2. The molecule has 0 spiro atoms. The van der Waals surface area contributed by atoms with Gasteiger partial charge >= 0.3 is 0 Å². The van der Waals surface area contributed by atoms with Gasteiger partial charge in [0.25, 0.3) is 0 Å². The van der Waals surface area contributed by atoms with Crippen LogP contribution in [-0.4, -0.2) is 25.5 Å². The van der Waals surface area contributed by atoms with Gasteiger partial charge in [0.05, 0.1) is 17.3 Å². The van der Waals surface area contributed by atoms with E-state index in [4.69, 9.17) is 16.5 Å². The minimum absolute atomic E-state index is 0.155. The molecule has 4 rings (SSSR count). The highest BCUT2D eigenvalue weighted by Gasteiger charge is 2.20. The van der Waals surface area contributed by atoms with Crippen molar-refractivity contribution in [2.45, 2.75) is 45.4 Å². The van der Waals surface area contributed by atoms with E-state index in [-0.39, 0.29) is 6.42 Å². The maximum Gasteiger partial charge on any atom is 0.153 e. The number of fused-ring (bicyclic) bond motifs is 1. The Kier molecular flexibility index (Phi) is 6.57. The lowest BCUT2D eigenvalue weighted by atomic mass is 9.94. The van der Waals surface area contributed by atoms with Crippen LogP contribution >= 0.6 is 0 Å². The molecule has 0 aliphatic carbocycles. The normalized spacial score (nSPS) is 12.4. The van der Waals surface area contributed by atoms with Crippen LogP contribution in [0.25, 0.3) is 22.0 Å². The second-order valence-electron chi connectivity index (χ2n) is 8.93. The lowest BCUT2D eigenvalue weighted by Gasteiger charge is -2.18. The third-order valence-corrected chi connectivity index (χ3v) is 5.54. The Labute approximate surface area is 202 Å². The van der Waals surface area contributed by atoms with Gasteiger partial charge in [-0.1, -0.05) is 18.1 Å². The minimum atomic E-state index is -1.20. The Morgan fingerprint density at radius 1 is 1.09 bits per heavy atom. The number of aromatic nitrogens is 3. The van der Waals surface area contributed by atoms with Gasteiger partial charge in [-0.05, 0) is 69.0 Å². The van der Waals surface area contributed by atoms with Crippen LogP contribution in [0.2, 0.25) is 0 Å². The molecule has 1 atom stereocenters. The molecule has 0 aliphatic rings. The lowest BCUT2D eigenvalue weighted by Crippen LogP contribution is -2.17. The number of rotatable bonds is 5. The van der Waals surface area contributed by atoms with Crippen molar-refractivity contribution in [2.24, 2.45) is 5.73 Å². The summed E-state index contributed by atoms with van der Waals surface area (Å²) < 4.78 is 29.4. The zero-order valence-corrected chi connectivity index (χ0v) is 19.8. The summed E-state index contributed by atoms with van der Waals surface area (Å²) in [6.45, 7) is 5.74. The number of hydrogen-bond acceptors (Lipinski definition) is 5. The summed E-state index contributed by atoms with van der Waals surface area (Å²) in [7, 11) is 0. The lowest BCUT2D eigenvalue weighted by molar-refractivity contribution is 0.143. The summed E-state index contributed by atoms with van der Waals surface area (Å²) in [5.41, 5.74) is 15.3. The van der Waals surface area contributed by atoms with Crippen LogP contribution < -0.4 is 11.5 Å². The zero-order valence-electron chi connectivity index (χ0n) is 19.8. The Morgan fingerprint density at radius 2 is 1.80 bits per heavy atom. The molecule has 1 unspecified atom stereocenters. The van der Waals surface area contributed by atoms with Crippen LogP contribution in [0.3, 0.4) is 0 Å². The van der Waals surface area contributed by atoms with Crippen molar-refractivity contribution in [2.75, 3.05) is 5.73 Å². The van der Waals surface area contributed by atoms with E-state index in [1.54, 1.807) is 19.9 Å². The van der Waals surface area contributed by atoms with Gasteiger partial charge < -0.3 is 16.6 Å². The highest BCUT2D eigenvalue weighted by atomic mass is 19.1. The molecule has 0 radical (unpaired) electrons. The number of para-hydroxylation sites is 1. The zero-order chi connectivity index (χ0) is 25.3. The molecule has 0 saturated carbocycles. The molecule has 2 heterocycles. The van der Waals surface area contributed by atoms with E-state index in [0.717, 1.165) is 28.1 Å². The van der Waals surface area contributed by atoms with Crippen LogP contribution in [0.4, 0.5) is 14.6 Å². The highest BCUT2D eigenvalue weighted by molar-refractivity contribution is 6.00. The number of nitrogens with two attached hydrogens (primary N) is 2. The predicted octanol–water partition coefficient (Wildman–Crippen LogP) is 4.34. The van der Waals surface area contributed by atoms with E-state index in [0.29, 0.717) is 29.3 Å². The minimum Gasteiger partial charge on any atom is -0.382 e. The van der Waals surface area contributed by atoms with E-state index in [9.17, 15) is 13.9 Å². The number of nitrogens with zero attached hydrogens (tertiary/aromatic N) is 3. The van der Waals surface area contributed by atoms with Crippen molar-refractivity contribution in [3.05, 3.63) is 77.1 Å². The van der Waals surface area contributed by atoms with E-state index in [2.05, 4.69) is 16.9 Å². The van der Waals surface area contributed by atoms with Crippen molar-refractivity contribution < 1.29 is 13.9 Å². The van der Waals surface area contributed by atoms with Crippen molar-refractivity contribution in [1.82, 2.24) is 14.8 Å². The third kappa shape index (κ3) is 5.32. The number of anilines is 1. The summed E-state index contributed by atoms with van der Waals surface area (Å²) in [6.07, 6.45) is 0.155. The molecule has 180 valence electrons. The number of hydrogen-bond donors (Lipinski definition) is 3. The Bertz CT molecular complexity index is 1440. The number of aryl methyl sites for hydroxylation is 1. The topological polar surface area (TPSA) is 103 Å². The summed E-state index contributed by atoms with van der Waals surface area (Å²) >= 11 is 0. The Morgan fingerprint density at radius 3 is 2.46 bits per heavy atom. The average Bonchev–Trinajstić information content (AvgIpc) is 3.12. The van der Waals surface area contributed by atoms with Gasteiger partial charge in [0.2, 0.25) is 0 Å². The fourth-order valence-corrected chi connectivity index (χ4v) is 4.06. The number of nitrogen functional groups attached to an aromatic ring is 1. The summed E-state index contributed by atoms with van der Waals surface area (Å²) in [5, 5.41) is 15.2. The number of benzene rings is 2. The molecule has 0 aliphatic heterocycles. The molecule has 5 N–H and O–H groups in total. The quantitative estimate of drug-likeness (QED) is 0.373. The molecule has 6 nitrogen and oxygen atoms in total. The molecule has 2 aromatic heterocycles. The first-order chi connectivity index (χ1) is 16.6. The van der Waals surface area contributed by atoms with Gasteiger partial charge in [0.1, 0.15) is 22.9 Å². The Balaban J connectivity index is 1.89. The maximum absolute atomic E-state index is 13.8. The van der Waals surface area contributed by atoms with E-state index >= 15 is 0 Å². The summed E-state index contributed by atoms with van der Waals surface area (Å²) in [5.74, 6) is 4.72. The molecule has 0 fully saturated rings. The van der Waals surface area contributed by atoms with Crippen LogP contribution in [0.15, 0.2) is 48.5 Å². The SMILES string of the molecule is CCn1nc(N)c2cccc(-c3ccc(C#CC(C)(C)O)nc3C(N)Cc3cc(F)cc(F)c3)c21. The molecule has 4 aromatic rings. The highest BCUT2D eigenvalue weighted by Crippen LogP contribution is 2.35. The molecule has 0 bridgehead atoms. The van der Waals surface area contributed by atoms with Gasteiger partial charge in [-0.25, -0.2) is 13.8 Å². The van der Waals surface area contributed by atoms with Crippen molar-refractivity contribution in [3.8, 4) is 23.0 Å². The molecule has 0 saturated heterocycles. The smallest absolute Gasteiger partial charge is 0.153 e. The van der Waals surface area contributed by atoms with Gasteiger partial charge in [0.15, 0.2) is 5.82 Å². The average molecular weight is 476 g/mol. The van der Waals surface area contributed by atoms with Crippen LogP contribution in [0.1, 0.15) is 43.8 Å². The van der Waals surface area contributed by atoms with Gasteiger partial charge in [-0.2, -0.15) is 5.10 Å². The molecule has 2 aromatic carbocycles. The largest absolute Gasteiger partial charge is 0.382 e. The van der Waals surface area contributed by atoms with E-state index in [1.807, 2.05) is 35.9 Å². The maximum atomic E-state index is 13.8. The molecule has 8 heteroatoms. The first-order valence-corrected chi connectivity index (χ1v) is 11.3. The first kappa shape index (κ1) is 24.3. The van der Waals surface area contributed by atoms with Crippen LogP contribution in [-0.2, 0) is 13.0 Å². The van der Waals surface area contributed by atoms with Gasteiger partial charge in [-0.3, -0.25) is 4.68 Å². The third-order valence-electron chi connectivity index (χ3n) is 5.54. The summed E-state index contributed by atoms with van der Waals surface area (Å²) in [6, 6.07) is 12.0. The standard InChI is InChI=1S/C27H27F2N5O/c1-4-34-25-21(6-5-7-22(25)26(31)33-34)20-9-8-19(10-11-27(2,3)35)32-24(20)23(30)14-16-12-17(28)15-18(29)13-16/h5-9,12-13,15,23,35H,4,14,30H2,1-3H3,(H2,31,33). The predicted molar refractivity (Wildman–Crippen MR) is 133 cm³/mol. The van der Waals surface area contributed by atoms with Crippen molar-refractivity contribution >= 4 is 16.7 Å². The van der Waals surface area contributed by atoms with Crippen LogP contribution in [0.5, 0.6) is 0 Å². The fraction of sp³-hybridized carbons (Fsp3) is 0.259. The monoisotopic (exact) mass is 475 g/mol. The molecule has 0 amide bonds. The Hall–Kier alpha value is -3.80. The van der Waals surface area contributed by atoms with E-state index < -0.39 is 23.3 Å². The first-order valence-electron chi connectivity index (χ1n) is 11.3. The number of aliphatic hydroxyl groups is 1. The molecule has 35 heavy (non-hydrogen) atoms. The number of pyridine rings is 1. The van der Waals surface area contributed by atoms with E-state index in [1.165, 1.54) is 12.1 Å². The molecular weight excluding hydrogens is 448 g/mol. The molecular formula is C27H27F2N5O.